The van der Waals surface area contributed by atoms with Gasteiger partial charge >= 0.3 is 12.1 Å². The van der Waals surface area contributed by atoms with Gasteiger partial charge in [0.1, 0.15) is 6.61 Å². The highest BCUT2D eigenvalue weighted by molar-refractivity contribution is 5.77. The van der Waals surface area contributed by atoms with E-state index in [0.29, 0.717) is 0 Å². The number of carboxylic acids is 1. The van der Waals surface area contributed by atoms with E-state index >= 15 is 0 Å². The van der Waals surface area contributed by atoms with Crippen LogP contribution in [0.2, 0.25) is 0 Å². The van der Waals surface area contributed by atoms with Crippen molar-refractivity contribution >= 4 is 11.9 Å². The molecule has 3 fully saturated rings. The third kappa shape index (κ3) is 7.41. The Bertz CT molecular complexity index is 803. The number of carbonyl (C=O) groups is 2. The van der Waals surface area contributed by atoms with E-state index in [1.807, 2.05) is 4.90 Å². The normalized spacial score (nSPS) is 22.4. The summed E-state index contributed by atoms with van der Waals surface area (Å²) in [5.41, 5.74) is 2.59. The average Bonchev–Trinajstić information content (AvgIpc) is 3.28. The smallest absolute Gasteiger partial charge is 0.475 e. The van der Waals surface area contributed by atoms with Crippen LogP contribution in [0.1, 0.15) is 36.8 Å². The topological polar surface area (TPSA) is 79.3 Å². The van der Waals surface area contributed by atoms with Crippen molar-refractivity contribution in [2.24, 2.45) is 0 Å². The van der Waals surface area contributed by atoms with E-state index in [2.05, 4.69) is 36.1 Å². The fourth-order valence-corrected chi connectivity index (χ4v) is 4.42. The van der Waals surface area contributed by atoms with Gasteiger partial charge in [0.25, 0.3) is 0 Å². The molecule has 1 aromatic carbocycles. The summed E-state index contributed by atoms with van der Waals surface area (Å²) >= 11 is 0. The Balaban J connectivity index is 0.000000383. The van der Waals surface area contributed by atoms with E-state index in [-0.39, 0.29) is 24.2 Å². The molecule has 1 spiro atoms. The van der Waals surface area contributed by atoms with Crippen molar-refractivity contribution < 1.29 is 37.3 Å². The molecule has 1 N–H and O–H groups in total. The maximum absolute atomic E-state index is 12.2. The zero-order chi connectivity index (χ0) is 24.1. The fraction of sp³-hybridized carbons (Fsp3) is 0.652. The second-order valence-corrected chi connectivity index (χ2v) is 8.98. The lowest BCUT2D eigenvalue weighted by Crippen LogP contribution is -2.65. The van der Waals surface area contributed by atoms with E-state index in [9.17, 15) is 18.0 Å². The van der Waals surface area contributed by atoms with Gasteiger partial charge in [-0.25, -0.2) is 4.79 Å². The third-order valence-electron chi connectivity index (χ3n) is 6.14. The first-order valence-electron chi connectivity index (χ1n) is 11.2. The Hall–Kier alpha value is -2.17. The highest BCUT2D eigenvalue weighted by Crippen LogP contribution is 2.36. The molecular formula is C23H31F3N2O5. The molecule has 1 unspecified atom stereocenters. The van der Waals surface area contributed by atoms with Gasteiger partial charge in [-0.2, -0.15) is 13.2 Å². The van der Waals surface area contributed by atoms with Crippen LogP contribution in [-0.4, -0.2) is 84.1 Å². The molecule has 0 bridgehead atoms. The molecule has 7 nitrogen and oxygen atoms in total. The molecule has 10 heteroatoms. The van der Waals surface area contributed by atoms with Gasteiger partial charge in [0.05, 0.1) is 11.7 Å². The molecule has 1 amide bonds. The zero-order valence-electron chi connectivity index (χ0n) is 18.8. The van der Waals surface area contributed by atoms with Crippen molar-refractivity contribution in [1.29, 1.82) is 0 Å². The van der Waals surface area contributed by atoms with Crippen LogP contribution in [0, 0.1) is 6.92 Å². The Labute approximate surface area is 191 Å². The van der Waals surface area contributed by atoms with Crippen LogP contribution in [0.5, 0.6) is 0 Å². The summed E-state index contributed by atoms with van der Waals surface area (Å²) < 4.78 is 43.8. The van der Waals surface area contributed by atoms with Crippen LogP contribution in [0.3, 0.4) is 0 Å². The summed E-state index contributed by atoms with van der Waals surface area (Å²) in [7, 11) is 0. The molecule has 3 aliphatic rings. The van der Waals surface area contributed by atoms with E-state index in [4.69, 9.17) is 19.4 Å². The predicted octanol–water partition coefficient (Wildman–Crippen LogP) is 3.00. The van der Waals surface area contributed by atoms with Crippen molar-refractivity contribution in [3.8, 4) is 0 Å². The SMILES string of the molecule is Cc1ccc(CN2CC3(CC(OCC(=O)N4CCCC4)CCO3)C2)cc1.O=C(O)C(F)(F)F. The molecule has 3 heterocycles. The molecule has 0 aromatic heterocycles. The number of carbonyl (C=O) groups excluding carboxylic acids is 1. The molecule has 1 aromatic rings. The molecule has 33 heavy (non-hydrogen) atoms. The Morgan fingerprint density at radius 1 is 1.18 bits per heavy atom. The number of ether oxygens (including phenoxy) is 2. The van der Waals surface area contributed by atoms with E-state index in [1.54, 1.807) is 0 Å². The maximum atomic E-state index is 12.2. The number of halogens is 3. The largest absolute Gasteiger partial charge is 0.490 e. The zero-order valence-corrected chi connectivity index (χ0v) is 18.8. The van der Waals surface area contributed by atoms with Crippen LogP contribution < -0.4 is 0 Å². The number of hydrogen-bond donors (Lipinski definition) is 1. The van der Waals surface area contributed by atoms with Gasteiger partial charge in [0, 0.05) is 45.8 Å². The molecule has 3 saturated heterocycles. The number of nitrogens with zero attached hydrogens (tertiary/aromatic N) is 2. The summed E-state index contributed by atoms with van der Waals surface area (Å²) in [6, 6.07) is 8.75. The first-order valence-corrected chi connectivity index (χ1v) is 11.2. The summed E-state index contributed by atoms with van der Waals surface area (Å²) in [6.07, 6.45) is -0.874. The molecule has 1 atom stereocenters. The van der Waals surface area contributed by atoms with Crippen molar-refractivity contribution in [2.45, 2.75) is 57.0 Å². The highest BCUT2D eigenvalue weighted by Gasteiger charge is 2.47. The summed E-state index contributed by atoms with van der Waals surface area (Å²) in [4.78, 5) is 25.4. The van der Waals surface area contributed by atoms with Crippen molar-refractivity contribution in [3.05, 3.63) is 35.4 Å². The number of carboxylic acid groups (broad SMARTS) is 1. The molecule has 0 aliphatic carbocycles. The molecule has 184 valence electrons. The minimum absolute atomic E-state index is 0.0652. The number of alkyl halides is 3. The lowest BCUT2D eigenvalue weighted by molar-refractivity contribution is -0.200. The number of hydrogen-bond acceptors (Lipinski definition) is 5. The predicted molar refractivity (Wildman–Crippen MR) is 114 cm³/mol. The van der Waals surface area contributed by atoms with Crippen LogP contribution >= 0.6 is 0 Å². The van der Waals surface area contributed by atoms with Crippen molar-refractivity contribution in [1.82, 2.24) is 9.80 Å². The quantitative estimate of drug-likeness (QED) is 0.710. The summed E-state index contributed by atoms with van der Waals surface area (Å²) in [5, 5.41) is 7.12. The van der Waals surface area contributed by atoms with Gasteiger partial charge < -0.3 is 19.5 Å². The number of aryl methyl sites for hydroxylation is 1. The van der Waals surface area contributed by atoms with Gasteiger partial charge in [0.2, 0.25) is 5.91 Å². The van der Waals surface area contributed by atoms with E-state index < -0.39 is 12.1 Å². The number of amides is 1. The first-order chi connectivity index (χ1) is 15.6. The number of rotatable bonds is 5. The average molecular weight is 473 g/mol. The van der Waals surface area contributed by atoms with Gasteiger partial charge in [-0.3, -0.25) is 9.69 Å². The fourth-order valence-electron chi connectivity index (χ4n) is 4.42. The molecular weight excluding hydrogens is 441 g/mol. The second-order valence-electron chi connectivity index (χ2n) is 8.98. The minimum atomic E-state index is -5.08. The lowest BCUT2D eigenvalue weighted by atomic mass is 9.84. The standard InChI is InChI=1S/C21H30N2O3.C2HF3O2/c1-17-4-6-18(7-5-17)13-22-15-21(16-22)12-19(8-11-26-21)25-14-20(24)23-9-2-3-10-23;3-2(4,5)1(6)7/h4-7,19H,2-3,8-16H2,1H3;(H,6,7). The number of aliphatic carboxylic acids is 1. The minimum Gasteiger partial charge on any atom is -0.475 e. The molecule has 0 saturated carbocycles. The summed E-state index contributed by atoms with van der Waals surface area (Å²) in [5.74, 6) is -2.61. The lowest BCUT2D eigenvalue weighted by Gasteiger charge is -2.53. The van der Waals surface area contributed by atoms with Gasteiger partial charge in [-0.05, 0) is 31.7 Å². The third-order valence-corrected chi connectivity index (χ3v) is 6.14. The van der Waals surface area contributed by atoms with Crippen LogP contribution in [0.15, 0.2) is 24.3 Å². The summed E-state index contributed by atoms with van der Waals surface area (Å²) in [6.45, 7) is 7.77. The second kappa shape index (κ2) is 10.8. The Kier molecular flexibility index (Phi) is 8.36. The van der Waals surface area contributed by atoms with Crippen LogP contribution in [-0.2, 0) is 25.6 Å². The van der Waals surface area contributed by atoms with Gasteiger partial charge in [-0.1, -0.05) is 29.8 Å². The van der Waals surface area contributed by atoms with Gasteiger partial charge in [0.15, 0.2) is 0 Å². The van der Waals surface area contributed by atoms with Gasteiger partial charge in [-0.15, -0.1) is 0 Å². The van der Waals surface area contributed by atoms with Crippen molar-refractivity contribution in [2.75, 3.05) is 39.4 Å². The molecule has 4 rings (SSSR count). The molecule has 0 radical (unpaired) electrons. The maximum Gasteiger partial charge on any atom is 0.490 e. The Morgan fingerprint density at radius 2 is 1.79 bits per heavy atom. The van der Waals surface area contributed by atoms with E-state index in [0.717, 1.165) is 65.0 Å². The van der Waals surface area contributed by atoms with Crippen LogP contribution in [0.4, 0.5) is 13.2 Å². The first kappa shape index (κ1) is 25.5. The van der Waals surface area contributed by atoms with Crippen molar-refractivity contribution in [3.63, 3.8) is 0 Å². The van der Waals surface area contributed by atoms with Crippen LogP contribution in [0.25, 0.3) is 0 Å². The van der Waals surface area contributed by atoms with E-state index in [1.165, 1.54) is 11.1 Å². The number of likely N-dealkylation sites (tertiary alicyclic amines) is 2. The monoisotopic (exact) mass is 472 g/mol. The Morgan fingerprint density at radius 3 is 2.36 bits per heavy atom. The molecule has 3 aliphatic heterocycles. The number of benzene rings is 1. The highest BCUT2D eigenvalue weighted by atomic mass is 19.4.